The standard InChI is InChI=1S/C17H20ClN3O3/c1-13-14(10-19-24-13)11-20-6-8-21(9-7-20)17(22)12-23-16-4-2-15(18)3-5-16/h2-5,10H,6-9,11-12H2,1H3. The van der Waals surface area contributed by atoms with Gasteiger partial charge in [0.05, 0.1) is 6.20 Å². The van der Waals surface area contributed by atoms with Crippen LogP contribution in [0.15, 0.2) is 35.0 Å². The number of rotatable bonds is 5. The van der Waals surface area contributed by atoms with E-state index in [1.54, 1.807) is 30.5 Å². The van der Waals surface area contributed by atoms with Crippen LogP contribution < -0.4 is 4.74 Å². The Hall–Kier alpha value is -2.05. The highest BCUT2D eigenvalue weighted by Crippen LogP contribution is 2.16. The summed E-state index contributed by atoms with van der Waals surface area (Å²) in [5, 5.41) is 4.44. The smallest absolute Gasteiger partial charge is 0.260 e. The summed E-state index contributed by atoms with van der Waals surface area (Å²) in [7, 11) is 0. The molecule has 7 heteroatoms. The molecule has 1 aliphatic rings. The predicted molar refractivity (Wildman–Crippen MR) is 90.0 cm³/mol. The van der Waals surface area contributed by atoms with E-state index in [9.17, 15) is 4.79 Å². The third kappa shape index (κ3) is 4.27. The summed E-state index contributed by atoms with van der Waals surface area (Å²) in [6.07, 6.45) is 1.76. The largest absolute Gasteiger partial charge is 0.484 e. The lowest BCUT2D eigenvalue weighted by Crippen LogP contribution is -2.49. The maximum Gasteiger partial charge on any atom is 0.260 e. The van der Waals surface area contributed by atoms with Crippen molar-refractivity contribution in [1.82, 2.24) is 15.0 Å². The van der Waals surface area contributed by atoms with Crippen LogP contribution in [-0.4, -0.2) is 53.6 Å². The van der Waals surface area contributed by atoms with Gasteiger partial charge in [-0.3, -0.25) is 9.69 Å². The van der Waals surface area contributed by atoms with Crippen molar-refractivity contribution in [2.45, 2.75) is 13.5 Å². The number of hydrogen-bond donors (Lipinski definition) is 0. The number of ether oxygens (including phenoxy) is 1. The summed E-state index contributed by atoms with van der Waals surface area (Å²) in [6, 6.07) is 7.00. The van der Waals surface area contributed by atoms with Crippen molar-refractivity contribution in [1.29, 1.82) is 0 Å². The second kappa shape index (κ2) is 7.68. The van der Waals surface area contributed by atoms with Gasteiger partial charge in [0.2, 0.25) is 0 Å². The van der Waals surface area contributed by atoms with E-state index >= 15 is 0 Å². The number of aromatic nitrogens is 1. The van der Waals surface area contributed by atoms with Crippen LogP contribution in [-0.2, 0) is 11.3 Å². The molecule has 0 atom stereocenters. The van der Waals surface area contributed by atoms with Gasteiger partial charge >= 0.3 is 0 Å². The van der Waals surface area contributed by atoms with Crippen molar-refractivity contribution in [3.05, 3.63) is 46.8 Å². The third-order valence-electron chi connectivity index (χ3n) is 4.15. The van der Waals surface area contributed by atoms with Gasteiger partial charge in [0.1, 0.15) is 11.5 Å². The Balaban J connectivity index is 1.43. The molecule has 0 bridgehead atoms. The average molecular weight is 350 g/mol. The van der Waals surface area contributed by atoms with Crippen molar-refractivity contribution in [2.24, 2.45) is 0 Å². The first-order valence-corrected chi connectivity index (χ1v) is 8.28. The van der Waals surface area contributed by atoms with Gasteiger partial charge in [-0.15, -0.1) is 0 Å². The van der Waals surface area contributed by atoms with Crippen LogP contribution in [0.5, 0.6) is 5.75 Å². The fourth-order valence-electron chi connectivity index (χ4n) is 2.63. The van der Waals surface area contributed by atoms with Gasteiger partial charge in [-0.25, -0.2) is 0 Å². The van der Waals surface area contributed by atoms with Crippen LogP contribution in [0.4, 0.5) is 0 Å². The normalized spacial score (nSPS) is 15.5. The lowest BCUT2D eigenvalue weighted by atomic mass is 10.2. The SMILES string of the molecule is Cc1oncc1CN1CCN(C(=O)COc2ccc(Cl)cc2)CC1. The number of aryl methyl sites for hydroxylation is 1. The molecular formula is C17H20ClN3O3. The number of carbonyl (C=O) groups is 1. The van der Waals surface area contributed by atoms with E-state index in [0.29, 0.717) is 23.9 Å². The molecule has 1 saturated heterocycles. The highest BCUT2D eigenvalue weighted by Gasteiger charge is 2.22. The first-order valence-electron chi connectivity index (χ1n) is 7.90. The summed E-state index contributed by atoms with van der Waals surface area (Å²) < 4.78 is 10.6. The molecule has 1 fully saturated rings. The fraction of sp³-hybridized carbons (Fsp3) is 0.412. The summed E-state index contributed by atoms with van der Waals surface area (Å²) in [5.74, 6) is 1.50. The molecule has 1 aromatic heterocycles. The Morgan fingerprint density at radius 2 is 1.96 bits per heavy atom. The van der Waals surface area contributed by atoms with E-state index in [0.717, 1.165) is 31.0 Å². The summed E-state index contributed by atoms with van der Waals surface area (Å²) in [4.78, 5) is 16.4. The van der Waals surface area contributed by atoms with Gasteiger partial charge < -0.3 is 14.2 Å². The maximum absolute atomic E-state index is 12.2. The van der Waals surface area contributed by atoms with Crippen LogP contribution in [0.3, 0.4) is 0 Å². The Labute approximate surface area is 145 Å². The molecule has 0 saturated carbocycles. The van der Waals surface area contributed by atoms with Gasteiger partial charge in [-0.1, -0.05) is 16.8 Å². The summed E-state index contributed by atoms with van der Waals surface area (Å²) >= 11 is 5.83. The molecule has 24 heavy (non-hydrogen) atoms. The number of halogens is 1. The molecule has 0 spiro atoms. The predicted octanol–water partition coefficient (Wildman–Crippen LogP) is 2.36. The quantitative estimate of drug-likeness (QED) is 0.829. The number of nitrogens with zero attached hydrogens (tertiary/aromatic N) is 3. The Morgan fingerprint density at radius 3 is 2.58 bits per heavy atom. The van der Waals surface area contributed by atoms with Crippen LogP contribution >= 0.6 is 11.6 Å². The number of benzene rings is 1. The summed E-state index contributed by atoms with van der Waals surface area (Å²) in [5.41, 5.74) is 1.10. The molecule has 6 nitrogen and oxygen atoms in total. The molecule has 1 aromatic carbocycles. The second-order valence-corrected chi connectivity index (χ2v) is 6.24. The van der Waals surface area contributed by atoms with Crippen molar-refractivity contribution in [3.63, 3.8) is 0 Å². The van der Waals surface area contributed by atoms with E-state index in [-0.39, 0.29) is 12.5 Å². The zero-order valence-corrected chi connectivity index (χ0v) is 14.3. The zero-order chi connectivity index (χ0) is 16.9. The monoisotopic (exact) mass is 349 g/mol. The Morgan fingerprint density at radius 1 is 1.25 bits per heavy atom. The molecule has 0 radical (unpaired) electrons. The topological polar surface area (TPSA) is 58.8 Å². The first kappa shape index (κ1) is 16.8. The van der Waals surface area contributed by atoms with Crippen LogP contribution in [0.1, 0.15) is 11.3 Å². The lowest BCUT2D eigenvalue weighted by molar-refractivity contribution is -0.135. The van der Waals surface area contributed by atoms with E-state index < -0.39 is 0 Å². The minimum Gasteiger partial charge on any atom is -0.484 e. The number of amides is 1. The van der Waals surface area contributed by atoms with Crippen molar-refractivity contribution < 1.29 is 14.1 Å². The van der Waals surface area contributed by atoms with Crippen molar-refractivity contribution >= 4 is 17.5 Å². The number of piperazine rings is 1. The van der Waals surface area contributed by atoms with Crippen molar-refractivity contribution in [2.75, 3.05) is 32.8 Å². The molecule has 2 heterocycles. The lowest BCUT2D eigenvalue weighted by Gasteiger charge is -2.34. The van der Waals surface area contributed by atoms with Crippen molar-refractivity contribution in [3.8, 4) is 5.75 Å². The molecule has 0 aliphatic carbocycles. The van der Waals surface area contributed by atoms with Crippen LogP contribution in [0.2, 0.25) is 5.02 Å². The summed E-state index contributed by atoms with van der Waals surface area (Å²) in [6.45, 7) is 5.83. The van der Waals surface area contributed by atoms with Gasteiger partial charge in [0.25, 0.3) is 5.91 Å². The molecule has 3 rings (SSSR count). The number of hydrogen-bond acceptors (Lipinski definition) is 5. The molecule has 0 N–H and O–H groups in total. The minimum absolute atomic E-state index is 0.00533. The van der Waals surface area contributed by atoms with Gasteiger partial charge in [0.15, 0.2) is 6.61 Å². The van der Waals surface area contributed by atoms with E-state index in [1.807, 2.05) is 11.8 Å². The fourth-order valence-corrected chi connectivity index (χ4v) is 2.76. The average Bonchev–Trinajstić information content (AvgIpc) is 3.00. The molecular weight excluding hydrogens is 330 g/mol. The van der Waals surface area contributed by atoms with E-state index in [1.165, 1.54) is 0 Å². The Kier molecular flexibility index (Phi) is 5.37. The van der Waals surface area contributed by atoms with E-state index in [4.69, 9.17) is 20.9 Å². The third-order valence-corrected chi connectivity index (χ3v) is 4.40. The highest BCUT2D eigenvalue weighted by atomic mass is 35.5. The minimum atomic E-state index is 0.00533. The second-order valence-electron chi connectivity index (χ2n) is 5.81. The first-order chi connectivity index (χ1) is 11.6. The maximum atomic E-state index is 12.2. The zero-order valence-electron chi connectivity index (χ0n) is 13.6. The molecule has 2 aromatic rings. The van der Waals surface area contributed by atoms with Gasteiger partial charge in [-0.05, 0) is 31.2 Å². The molecule has 1 amide bonds. The van der Waals surface area contributed by atoms with Crippen LogP contribution in [0.25, 0.3) is 0 Å². The van der Waals surface area contributed by atoms with Crippen LogP contribution in [0, 0.1) is 6.92 Å². The molecule has 0 unspecified atom stereocenters. The van der Waals surface area contributed by atoms with E-state index in [2.05, 4.69) is 10.1 Å². The number of carbonyl (C=O) groups excluding carboxylic acids is 1. The Bertz CT molecular complexity index is 679. The highest BCUT2D eigenvalue weighted by molar-refractivity contribution is 6.30. The van der Waals surface area contributed by atoms with Gasteiger partial charge in [-0.2, -0.15) is 0 Å². The molecule has 1 aliphatic heterocycles. The molecule has 128 valence electrons. The van der Waals surface area contributed by atoms with Gasteiger partial charge in [0, 0.05) is 43.3 Å².